The highest BCUT2D eigenvalue weighted by molar-refractivity contribution is 5.69. The van der Waals surface area contributed by atoms with Crippen molar-refractivity contribution >= 4 is 12.1 Å². The molecule has 5 heteroatoms. The molecule has 0 heterocycles. The molecule has 0 radical (unpaired) electrons. The molecule has 1 aliphatic rings. The topological polar surface area (TPSA) is 75.6 Å². The minimum atomic E-state index is -0.789. The SMILES string of the molecule is CC1(CC(=O)O)CC(NC(=O)OC(C)(C)C)C1. The van der Waals surface area contributed by atoms with E-state index < -0.39 is 17.7 Å². The van der Waals surface area contributed by atoms with Gasteiger partial charge in [0.15, 0.2) is 0 Å². The quantitative estimate of drug-likeness (QED) is 0.796. The largest absolute Gasteiger partial charge is 0.481 e. The van der Waals surface area contributed by atoms with Gasteiger partial charge >= 0.3 is 12.1 Å². The Morgan fingerprint density at radius 3 is 2.35 bits per heavy atom. The van der Waals surface area contributed by atoms with Crippen LogP contribution in [0.1, 0.15) is 47.0 Å². The van der Waals surface area contributed by atoms with Gasteiger partial charge in [0.05, 0.1) is 6.42 Å². The maximum atomic E-state index is 11.4. The molecule has 0 aromatic rings. The number of aliphatic carboxylic acids is 1. The minimum Gasteiger partial charge on any atom is -0.481 e. The lowest BCUT2D eigenvalue weighted by atomic mass is 9.65. The van der Waals surface area contributed by atoms with E-state index in [9.17, 15) is 9.59 Å². The number of hydrogen-bond acceptors (Lipinski definition) is 3. The van der Waals surface area contributed by atoms with Crippen LogP contribution in [-0.4, -0.2) is 28.8 Å². The zero-order valence-electron chi connectivity index (χ0n) is 10.9. The number of alkyl carbamates (subject to hydrolysis) is 1. The van der Waals surface area contributed by atoms with Gasteiger partial charge in [0, 0.05) is 6.04 Å². The molecule has 5 nitrogen and oxygen atoms in total. The van der Waals surface area contributed by atoms with Crippen LogP contribution in [0.15, 0.2) is 0 Å². The predicted molar refractivity (Wildman–Crippen MR) is 62.8 cm³/mol. The van der Waals surface area contributed by atoms with Crippen LogP contribution in [0.4, 0.5) is 4.79 Å². The first-order valence-electron chi connectivity index (χ1n) is 5.81. The molecule has 0 bridgehead atoms. The van der Waals surface area contributed by atoms with Crippen LogP contribution in [0.5, 0.6) is 0 Å². The first kappa shape index (κ1) is 13.8. The number of carbonyl (C=O) groups is 2. The molecular weight excluding hydrogens is 222 g/mol. The molecule has 0 spiro atoms. The zero-order chi connectivity index (χ0) is 13.3. The van der Waals surface area contributed by atoms with Crippen molar-refractivity contribution in [2.24, 2.45) is 5.41 Å². The Morgan fingerprint density at radius 2 is 1.94 bits per heavy atom. The third-order valence-corrected chi connectivity index (χ3v) is 2.78. The van der Waals surface area contributed by atoms with Crippen LogP contribution in [0.25, 0.3) is 0 Å². The molecule has 0 aromatic heterocycles. The van der Waals surface area contributed by atoms with Crippen molar-refractivity contribution in [3.63, 3.8) is 0 Å². The van der Waals surface area contributed by atoms with Crippen molar-refractivity contribution < 1.29 is 19.4 Å². The lowest BCUT2D eigenvalue weighted by molar-refractivity contribution is -0.141. The number of carboxylic acid groups (broad SMARTS) is 1. The van der Waals surface area contributed by atoms with Crippen LogP contribution in [0, 0.1) is 5.41 Å². The molecule has 98 valence electrons. The lowest BCUT2D eigenvalue weighted by Crippen LogP contribution is -2.51. The summed E-state index contributed by atoms with van der Waals surface area (Å²) in [5.41, 5.74) is -0.691. The number of nitrogens with one attached hydrogen (secondary N) is 1. The molecule has 0 atom stereocenters. The Morgan fingerprint density at radius 1 is 1.41 bits per heavy atom. The summed E-state index contributed by atoms with van der Waals surface area (Å²) in [6, 6.07) is 0.0363. The highest BCUT2D eigenvalue weighted by Gasteiger charge is 2.42. The summed E-state index contributed by atoms with van der Waals surface area (Å²) in [6.07, 6.45) is 1.11. The number of hydrogen-bond donors (Lipinski definition) is 2. The van der Waals surface area contributed by atoms with E-state index in [1.165, 1.54) is 0 Å². The van der Waals surface area contributed by atoms with E-state index in [0.29, 0.717) is 12.8 Å². The van der Waals surface area contributed by atoms with Crippen molar-refractivity contribution in [3.05, 3.63) is 0 Å². The molecule has 0 aliphatic heterocycles. The fraction of sp³-hybridized carbons (Fsp3) is 0.833. The third-order valence-electron chi connectivity index (χ3n) is 2.78. The number of ether oxygens (including phenoxy) is 1. The average Bonchev–Trinajstić information content (AvgIpc) is 1.94. The van der Waals surface area contributed by atoms with Crippen LogP contribution >= 0.6 is 0 Å². The highest BCUT2D eigenvalue weighted by Crippen LogP contribution is 2.43. The summed E-state index contributed by atoms with van der Waals surface area (Å²) in [5.74, 6) is -0.789. The molecule has 17 heavy (non-hydrogen) atoms. The van der Waals surface area contributed by atoms with E-state index in [2.05, 4.69) is 5.32 Å². The van der Waals surface area contributed by atoms with Gasteiger partial charge in [-0.2, -0.15) is 0 Å². The van der Waals surface area contributed by atoms with Gasteiger partial charge in [-0.25, -0.2) is 4.79 Å². The third kappa shape index (κ3) is 4.63. The monoisotopic (exact) mass is 243 g/mol. The molecule has 1 aliphatic carbocycles. The summed E-state index contributed by atoms with van der Waals surface area (Å²) >= 11 is 0. The van der Waals surface area contributed by atoms with Crippen LogP contribution in [0.3, 0.4) is 0 Å². The number of carboxylic acids is 1. The van der Waals surface area contributed by atoms with Crippen molar-refractivity contribution in [1.29, 1.82) is 0 Å². The van der Waals surface area contributed by atoms with Crippen LogP contribution in [-0.2, 0) is 9.53 Å². The van der Waals surface area contributed by atoms with Gasteiger partial charge in [-0.05, 0) is 39.0 Å². The first-order valence-corrected chi connectivity index (χ1v) is 5.81. The Bertz CT molecular complexity index is 313. The van der Waals surface area contributed by atoms with Crippen molar-refractivity contribution in [1.82, 2.24) is 5.32 Å². The number of rotatable bonds is 3. The molecule has 1 amide bonds. The van der Waals surface area contributed by atoms with Crippen LogP contribution in [0.2, 0.25) is 0 Å². The second kappa shape index (κ2) is 4.55. The number of amides is 1. The van der Waals surface area contributed by atoms with Gasteiger partial charge in [0.2, 0.25) is 0 Å². The lowest BCUT2D eigenvalue weighted by Gasteiger charge is -2.44. The summed E-state index contributed by atoms with van der Waals surface area (Å²) in [4.78, 5) is 22.1. The zero-order valence-corrected chi connectivity index (χ0v) is 10.9. The van der Waals surface area contributed by atoms with E-state index >= 15 is 0 Å². The molecule has 0 aromatic carbocycles. The van der Waals surface area contributed by atoms with Gasteiger partial charge < -0.3 is 15.2 Å². The molecule has 1 rings (SSSR count). The van der Waals surface area contributed by atoms with E-state index in [1.807, 2.05) is 27.7 Å². The first-order chi connectivity index (χ1) is 7.60. The highest BCUT2D eigenvalue weighted by atomic mass is 16.6. The van der Waals surface area contributed by atoms with Gasteiger partial charge in [-0.3, -0.25) is 4.79 Å². The average molecular weight is 243 g/mol. The van der Waals surface area contributed by atoms with Gasteiger partial charge in [-0.1, -0.05) is 6.92 Å². The number of carbonyl (C=O) groups excluding carboxylic acids is 1. The molecule has 1 fully saturated rings. The van der Waals surface area contributed by atoms with E-state index in [4.69, 9.17) is 9.84 Å². The molecular formula is C12H21NO4. The Labute approximate surface area is 102 Å². The standard InChI is InChI=1S/C12H21NO4/c1-11(2,3)17-10(16)13-8-5-12(4,6-8)7-9(14)15/h8H,5-7H2,1-4H3,(H,13,16)(H,14,15). The van der Waals surface area contributed by atoms with E-state index in [1.54, 1.807) is 0 Å². The molecule has 2 N–H and O–H groups in total. The Balaban J connectivity index is 2.30. The second-order valence-electron chi connectivity index (χ2n) is 6.13. The van der Waals surface area contributed by atoms with E-state index in [-0.39, 0.29) is 17.9 Å². The summed E-state index contributed by atoms with van der Waals surface area (Å²) in [6.45, 7) is 7.35. The van der Waals surface area contributed by atoms with Crippen molar-refractivity contribution in [3.8, 4) is 0 Å². The minimum absolute atomic E-state index is 0.0363. The maximum absolute atomic E-state index is 11.4. The maximum Gasteiger partial charge on any atom is 0.407 e. The normalized spacial score (nSPS) is 28.1. The van der Waals surface area contributed by atoms with Crippen LogP contribution < -0.4 is 5.32 Å². The van der Waals surface area contributed by atoms with Gasteiger partial charge in [0.25, 0.3) is 0 Å². The molecule has 0 saturated heterocycles. The van der Waals surface area contributed by atoms with E-state index in [0.717, 1.165) is 0 Å². The fourth-order valence-electron chi connectivity index (χ4n) is 2.22. The van der Waals surface area contributed by atoms with Gasteiger partial charge in [0.1, 0.15) is 5.60 Å². The summed E-state index contributed by atoms with van der Waals surface area (Å²) < 4.78 is 5.13. The second-order valence-corrected chi connectivity index (χ2v) is 6.13. The summed E-state index contributed by atoms with van der Waals surface area (Å²) in [7, 11) is 0. The summed E-state index contributed by atoms with van der Waals surface area (Å²) in [5, 5.41) is 11.5. The van der Waals surface area contributed by atoms with Crippen molar-refractivity contribution in [2.45, 2.75) is 58.6 Å². The van der Waals surface area contributed by atoms with Crippen molar-refractivity contribution in [2.75, 3.05) is 0 Å². The Kier molecular flexibility index (Phi) is 3.69. The fourth-order valence-corrected chi connectivity index (χ4v) is 2.22. The van der Waals surface area contributed by atoms with Gasteiger partial charge in [-0.15, -0.1) is 0 Å². The Hall–Kier alpha value is -1.26. The smallest absolute Gasteiger partial charge is 0.407 e. The molecule has 1 saturated carbocycles. The predicted octanol–water partition coefficient (Wildman–Crippen LogP) is 2.15. The molecule has 0 unspecified atom stereocenters.